The van der Waals surface area contributed by atoms with Gasteiger partial charge in [0.05, 0.1) is 27.8 Å². The van der Waals surface area contributed by atoms with Crippen LogP contribution in [0.2, 0.25) is 0 Å². The quantitative estimate of drug-likeness (QED) is 0.792. The van der Waals surface area contributed by atoms with E-state index in [-0.39, 0.29) is 12.4 Å². The van der Waals surface area contributed by atoms with Crippen LogP contribution in [0.4, 0.5) is 0 Å². The summed E-state index contributed by atoms with van der Waals surface area (Å²) in [6, 6.07) is 9.57. The molecular formula is C15H16O4. The lowest BCUT2D eigenvalue weighted by Gasteiger charge is -2.14. The third-order valence-corrected chi connectivity index (χ3v) is 3.02. The number of carbonyl (C=O) groups excluding carboxylic acids is 1. The summed E-state index contributed by atoms with van der Waals surface area (Å²) in [6.45, 7) is 0. The lowest BCUT2D eigenvalue weighted by Crippen LogP contribution is -2.06. The van der Waals surface area contributed by atoms with E-state index >= 15 is 0 Å². The molecule has 0 aliphatic heterocycles. The Balaban J connectivity index is 2.66. The molecule has 0 radical (unpaired) electrons. The smallest absolute Gasteiger partial charge is 0.310 e. The summed E-state index contributed by atoms with van der Waals surface area (Å²) in [5.74, 6) is 1.09. The van der Waals surface area contributed by atoms with Gasteiger partial charge in [-0.25, -0.2) is 0 Å². The number of methoxy groups -OCH3 is 3. The van der Waals surface area contributed by atoms with Gasteiger partial charge in [-0.05, 0) is 6.07 Å². The lowest BCUT2D eigenvalue weighted by atomic mass is 10.0. The van der Waals surface area contributed by atoms with Gasteiger partial charge < -0.3 is 14.2 Å². The topological polar surface area (TPSA) is 44.8 Å². The van der Waals surface area contributed by atoms with Crippen LogP contribution in [0.25, 0.3) is 10.8 Å². The van der Waals surface area contributed by atoms with E-state index in [4.69, 9.17) is 14.2 Å². The fraction of sp³-hybridized carbons (Fsp3) is 0.267. The molecule has 0 N–H and O–H groups in total. The summed E-state index contributed by atoms with van der Waals surface area (Å²) in [5, 5.41) is 1.87. The predicted octanol–water partition coefficient (Wildman–Crippen LogP) is 2.57. The normalized spacial score (nSPS) is 10.3. The largest absolute Gasteiger partial charge is 0.496 e. The number of rotatable bonds is 4. The number of carbonyl (C=O) groups is 1. The Kier molecular flexibility index (Phi) is 3.90. The summed E-state index contributed by atoms with van der Waals surface area (Å²) in [4.78, 5) is 11.5. The molecule has 0 unspecified atom stereocenters. The Labute approximate surface area is 111 Å². The zero-order valence-corrected chi connectivity index (χ0v) is 11.2. The van der Waals surface area contributed by atoms with Crippen LogP contribution < -0.4 is 9.47 Å². The van der Waals surface area contributed by atoms with E-state index in [1.165, 1.54) is 7.11 Å². The van der Waals surface area contributed by atoms with E-state index in [1.54, 1.807) is 14.2 Å². The number of fused-ring (bicyclic) bond motifs is 1. The number of benzene rings is 2. The maximum atomic E-state index is 11.5. The van der Waals surface area contributed by atoms with Crippen molar-refractivity contribution in [2.45, 2.75) is 6.42 Å². The van der Waals surface area contributed by atoms with E-state index in [9.17, 15) is 4.79 Å². The van der Waals surface area contributed by atoms with Gasteiger partial charge in [0.25, 0.3) is 0 Å². The first-order valence-corrected chi connectivity index (χ1v) is 5.90. The van der Waals surface area contributed by atoms with Crippen LogP contribution in [-0.2, 0) is 16.0 Å². The van der Waals surface area contributed by atoms with E-state index in [1.807, 2.05) is 30.3 Å². The highest BCUT2D eigenvalue weighted by Gasteiger charge is 2.15. The Morgan fingerprint density at radius 3 is 2.32 bits per heavy atom. The average molecular weight is 260 g/mol. The van der Waals surface area contributed by atoms with E-state index in [0.717, 1.165) is 22.1 Å². The fourth-order valence-corrected chi connectivity index (χ4v) is 2.14. The second kappa shape index (κ2) is 5.61. The highest BCUT2D eigenvalue weighted by molar-refractivity contribution is 5.95. The van der Waals surface area contributed by atoms with Crippen LogP contribution in [-0.4, -0.2) is 27.3 Å². The molecule has 0 aliphatic carbocycles. The Morgan fingerprint density at radius 1 is 1.05 bits per heavy atom. The zero-order chi connectivity index (χ0) is 13.8. The van der Waals surface area contributed by atoms with Gasteiger partial charge in [-0.3, -0.25) is 4.79 Å². The van der Waals surface area contributed by atoms with Gasteiger partial charge in [-0.15, -0.1) is 0 Å². The van der Waals surface area contributed by atoms with Crippen molar-refractivity contribution in [3.05, 3.63) is 35.9 Å². The van der Waals surface area contributed by atoms with Crippen molar-refractivity contribution in [1.82, 2.24) is 0 Å². The van der Waals surface area contributed by atoms with Crippen LogP contribution in [0.5, 0.6) is 11.5 Å². The van der Waals surface area contributed by atoms with Crippen molar-refractivity contribution in [3.63, 3.8) is 0 Å². The molecule has 0 fully saturated rings. The van der Waals surface area contributed by atoms with E-state index < -0.39 is 0 Å². The standard InChI is InChI=1S/C15H16O4/c1-17-13-8-10(9-14(16)18-2)15(19-3)12-7-5-4-6-11(12)13/h4-8H,9H2,1-3H3. The molecule has 2 aromatic carbocycles. The van der Waals surface area contributed by atoms with Gasteiger partial charge in [0.15, 0.2) is 0 Å². The van der Waals surface area contributed by atoms with E-state index in [0.29, 0.717) is 5.75 Å². The molecule has 2 aromatic rings. The minimum absolute atomic E-state index is 0.154. The highest BCUT2D eigenvalue weighted by Crippen LogP contribution is 2.36. The van der Waals surface area contributed by atoms with Crippen LogP contribution >= 0.6 is 0 Å². The van der Waals surface area contributed by atoms with Gasteiger partial charge in [0, 0.05) is 16.3 Å². The minimum Gasteiger partial charge on any atom is -0.496 e. The first-order chi connectivity index (χ1) is 9.21. The van der Waals surface area contributed by atoms with Crippen molar-refractivity contribution < 1.29 is 19.0 Å². The number of hydrogen-bond acceptors (Lipinski definition) is 4. The summed E-state index contributed by atoms with van der Waals surface area (Å²) < 4.78 is 15.5. The summed E-state index contributed by atoms with van der Waals surface area (Å²) in [7, 11) is 4.57. The lowest BCUT2D eigenvalue weighted by molar-refractivity contribution is -0.139. The maximum Gasteiger partial charge on any atom is 0.310 e. The molecule has 0 aromatic heterocycles. The Hall–Kier alpha value is -2.23. The molecule has 0 bridgehead atoms. The van der Waals surface area contributed by atoms with Crippen LogP contribution in [0.15, 0.2) is 30.3 Å². The summed E-state index contributed by atoms with van der Waals surface area (Å²) in [6.07, 6.45) is 0.154. The molecule has 0 spiro atoms. The van der Waals surface area contributed by atoms with Crippen LogP contribution in [0.3, 0.4) is 0 Å². The third kappa shape index (κ3) is 2.47. The monoisotopic (exact) mass is 260 g/mol. The van der Waals surface area contributed by atoms with Crippen molar-refractivity contribution in [3.8, 4) is 11.5 Å². The fourth-order valence-electron chi connectivity index (χ4n) is 2.14. The van der Waals surface area contributed by atoms with Crippen molar-refractivity contribution >= 4 is 16.7 Å². The number of hydrogen-bond donors (Lipinski definition) is 0. The summed E-state index contributed by atoms with van der Waals surface area (Å²) in [5.41, 5.74) is 0.755. The number of ether oxygens (including phenoxy) is 3. The van der Waals surface area contributed by atoms with Gasteiger partial charge in [0.1, 0.15) is 11.5 Å². The van der Waals surface area contributed by atoms with Crippen molar-refractivity contribution in [2.24, 2.45) is 0 Å². The van der Waals surface area contributed by atoms with E-state index in [2.05, 4.69) is 0 Å². The molecule has 0 aliphatic rings. The second-order valence-electron chi connectivity index (χ2n) is 4.07. The third-order valence-electron chi connectivity index (χ3n) is 3.02. The van der Waals surface area contributed by atoms with Gasteiger partial charge in [0.2, 0.25) is 0 Å². The maximum absolute atomic E-state index is 11.5. The molecular weight excluding hydrogens is 244 g/mol. The molecule has 19 heavy (non-hydrogen) atoms. The minimum atomic E-state index is -0.310. The molecule has 4 heteroatoms. The first kappa shape index (κ1) is 13.2. The van der Waals surface area contributed by atoms with Crippen molar-refractivity contribution in [1.29, 1.82) is 0 Å². The van der Waals surface area contributed by atoms with Gasteiger partial charge >= 0.3 is 5.97 Å². The van der Waals surface area contributed by atoms with Gasteiger partial charge in [-0.1, -0.05) is 24.3 Å². The predicted molar refractivity (Wildman–Crippen MR) is 72.8 cm³/mol. The SMILES string of the molecule is COC(=O)Cc1cc(OC)c2ccccc2c1OC. The highest BCUT2D eigenvalue weighted by atomic mass is 16.5. The van der Waals surface area contributed by atoms with Crippen LogP contribution in [0, 0.1) is 0 Å². The molecule has 0 atom stereocenters. The Bertz CT molecular complexity index is 604. The molecule has 0 saturated carbocycles. The molecule has 2 rings (SSSR count). The van der Waals surface area contributed by atoms with Crippen LogP contribution in [0.1, 0.15) is 5.56 Å². The molecule has 0 amide bonds. The second-order valence-corrected chi connectivity index (χ2v) is 4.07. The first-order valence-electron chi connectivity index (χ1n) is 5.90. The van der Waals surface area contributed by atoms with Crippen molar-refractivity contribution in [2.75, 3.05) is 21.3 Å². The number of esters is 1. The summed E-state index contributed by atoms with van der Waals surface area (Å²) >= 11 is 0. The average Bonchev–Trinajstić information content (AvgIpc) is 2.46. The molecule has 4 nitrogen and oxygen atoms in total. The molecule has 100 valence electrons. The molecule has 0 saturated heterocycles. The Morgan fingerprint density at radius 2 is 1.74 bits per heavy atom. The zero-order valence-electron chi connectivity index (χ0n) is 11.2. The molecule has 0 heterocycles. The van der Waals surface area contributed by atoms with Gasteiger partial charge in [-0.2, -0.15) is 0 Å².